The van der Waals surface area contributed by atoms with Gasteiger partial charge in [-0.1, -0.05) is 26.7 Å². The Morgan fingerprint density at radius 2 is 1.81 bits per heavy atom. The summed E-state index contributed by atoms with van der Waals surface area (Å²) in [5.74, 6) is 3.42. The van der Waals surface area contributed by atoms with Gasteiger partial charge in [-0.3, -0.25) is 0 Å². The first-order chi connectivity index (χ1) is 10.2. The van der Waals surface area contributed by atoms with Crippen molar-refractivity contribution in [2.24, 2.45) is 11.8 Å². The van der Waals surface area contributed by atoms with E-state index >= 15 is 0 Å². The molecule has 0 aromatic heterocycles. The Kier molecular flexibility index (Phi) is 6.37. The molecule has 1 N–H and O–H groups in total. The molecule has 1 aromatic carbocycles. The first kappa shape index (κ1) is 16.2. The summed E-state index contributed by atoms with van der Waals surface area (Å²) in [5, 5.41) is 3.71. The summed E-state index contributed by atoms with van der Waals surface area (Å²) in [6.45, 7) is 6.56. The molecule has 0 heterocycles. The van der Waals surface area contributed by atoms with E-state index in [9.17, 15) is 0 Å². The Morgan fingerprint density at radius 1 is 1.10 bits per heavy atom. The van der Waals surface area contributed by atoms with Crippen molar-refractivity contribution >= 4 is 0 Å². The van der Waals surface area contributed by atoms with Gasteiger partial charge in [-0.25, -0.2) is 0 Å². The fourth-order valence-corrected chi connectivity index (χ4v) is 3.09. The summed E-state index contributed by atoms with van der Waals surface area (Å²) in [7, 11) is 1.68. The molecule has 0 aliphatic heterocycles. The molecular weight excluding hydrogens is 262 g/mol. The summed E-state index contributed by atoms with van der Waals surface area (Å²) in [6, 6.07) is 8.46. The first-order valence-corrected chi connectivity index (χ1v) is 8.21. The van der Waals surface area contributed by atoms with Gasteiger partial charge in [0.1, 0.15) is 11.5 Å². The Bertz CT molecular complexity index is 404. The van der Waals surface area contributed by atoms with Crippen molar-refractivity contribution in [3.05, 3.63) is 24.3 Å². The van der Waals surface area contributed by atoms with Crippen molar-refractivity contribution in [3.63, 3.8) is 0 Å². The molecule has 1 aromatic rings. The summed E-state index contributed by atoms with van der Waals surface area (Å²) >= 11 is 0. The minimum atomic E-state index is 0.690. The van der Waals surface area contributed by atoms with E-state index in [1.807, 2.05) is 24.3 Å². The van der Waals surface area contributed by atoms with E-state index in [4.69, 9.17) is 9.47 Å². The van der Waals surface area contributed by atoms with Crippen LogP contribution in [0.5, 0.6) is 11.5 Å². The second-order valence-corrected chi connectivity index (χ2v) is 6.21. The number of rotatable bonds is 7. The lowest BCUT2D eigenvalue weighted by Gasteiger charge is -2.34. The highest BCUT2D eigenvalue weighted by molar-refractivity contribution is 5.31. The fraction of sp³-hybridized carbons (Fsp3) is 0.667. The maximum atomic E-state index is 5.75. The molecule has 1 aliphatic carbocycles. The SMILES string of the molecule is COc1ccc(OCCCN[C@@H]2CCC[C@@H](C)[C@@H]2C)cc1. The molecule has 3 nitrogen and oxygen atoms in total. The van der Waals surface area contributed by atoms with Gasteiger partial charge in [-0.2, -0.15) is 0 Å². The van der Waals surface area contributed by atoms with Gasteiger partial charge >= 0.3 is 0 Å². The van der Waals surface area contributed by atoms with Gasteiger partial charge in [0.15, 0.2) is 0 Å². The highest BCUT2D eigenvalue weighted by Crippen LogP contribution is 2.29. The molecule has 3 heteroatoms. The smallest absolute Gasteiger partial charge is 0.119 e. The molecule has 0 unspecified atom stereocenters. The van der Waals surface area contributed by atoms with E-state index < -0.39 is 0 Å². The standard InChI is InChI=1S/C18H29NO2/c1-14-6-4-7-18(15(14)2)19-12-5-13-21-17-10-8-16(20-3)9-11-17/h8-11,14-15,18-19H,4-7,12-13H2,1-3H3/t14-,15+,18-/m1/s1. The average molecular weight is 291 g/mol. The average Bonchev–Trinajstić information content (AvgIpc) is 2.51. The van der Waals surface area contributed by atoms with Gasteiger partial charge in [-0.15, -0.1) is 0 Å². The van der Waals surface area contributed by atoms with Crippen LogP contribution in [0.2, 0.25) is 0 Å². The van der Waals surface area contributed by atoms with Gasteiger partial charge in [0.05, 0.1) is 13.7 Å². The van der Waals surface area contributed by atoms with Crippen LogP contribution < -0.4 is 14.8 Å². The zero-order valence-electron chi connectivity index (χ0n) is 13.6. The number of hydrogen-bond acceptors (Lipinski definition) is 3. The number of methoxy groups -OCH3 is 1. The summed E-state index contributed by atoms with van der Waals surface area (Å²) in [5.41, 5.74) is 0. The molecule has 1 aliphatic rings. The lowest BCUT2D eigenvalue weighted by atomic mass is 9.78. The van der Waals surface area contributed by atoms with Gasteiger partial charge in [-0.05, 0) is 55.5 Å². The lowest BCUT2D eigenvalue weighted by Crippen LogP contribution is -2.41. The Morgan fingerprint density at radius 3 is 2.52 bits per heavy atom. The largest absolute Gasteiger partial charge is 0.497 e. The van der Waals surface area contributed by atoms with Crippen molar-refractivity contribution in [2.75, 3.05) is 20.3 Å². The van der Waals surface area contributed by atoms with Crippen molar-refractivity contribution in [1.29, 1.82) is 0 Å². The maximum absolute atomic E-state index is 5.75. The molecule has 0 spiro atoms. The van der Waals surface area contributed by atoms with E-state index in [-0.39, 0.29) is 0 Å². The van der Waals surface area contributed by atoms with Crippen LogP contribution in [-0.4, -0.2) is 26.3 Å². The van der Waals surface area contributed by atoms with E-state index in [1.54, 1.807) is 7.11 Å². The number of benzene rings is 1. The van der Waals surface area contributed by atoms with Crippen LogP contribution in [0.3, 0.4) is 0 Å². The second kappa shape index (κ2) is 8.28. The first-order valence-electron chi connectivity index (χ1n) is 8.21. The number of hydrogen-bond donors (Lipinski definition) is 1. The van der Waals surface area contributed by atoms with Crippen LogP contribution in [0.4, 0.5) is 0 Å². The zero-order chi connectivity index (χ0) is 15.1. The van der Waals surface area contributed by atoms with Crippen molar-refractivity contribution in [2.45, 2.75) is 45.6 Å². The van der Waals surface area contributed by atoms with Crippen LogP contribution in [-0.2, 0) is 0 Å². The van der Waals surface area contributed by atoms with E-state index in [1.165, 1.54) is 19.3 Å². The van der Waals surface area contributed by atoms with Crippen LogP contribution in [0.25, 0.3) is 0 Å². The Balaban J connectivity index is 1.61. The molecule has 0 radical (unpaired) electrons. The van der Waals surface area contributed by atoms with Crippen LogP contribution in [0.1, 0.15) is 39.5 Å². The Labute approximate surface area is 129 Å². The van der Waals surface area contributed by atoms with Crippen LogP contribution in [0, 0.1) is 11.8 Å². The monoisotopic (exact) mass is 291 g/mol. The lowest BCUT2D eigenvalue weighted by molar-refractivity contribution is 0.203. The van der Waals surface area contributed by atoms with Crippen molar-refractivity contribution in [1.82, 2.24) is 5.32 Å². The van der Waals surface area contributed by atoms with Crippen molar-refractivity contribution < 1.29 is 9.47 Å². The molecule has 118 valence electrons. The third-order valence-electron chi connectivity index (χ3n) is 4.76. The number of nitrogens with one attached hydrogen (secondary N) is 1. The minimum absolute atomic E-state index is 0.690. The highest BCUT2D eigenvalue weighted by Gasteiger charge is 2.26. The summed E-state index contributed by atoms with van der Waals surface area (Å²) in [4.78, 5) is 0. The third-order valence-corrected chi connectivity index (χ3v) is 4.76. The third kappa shape index (κ3) is 4.92. The minimum Gasteiger partial charge on any atom is -0.497 e. The summed E-state index contributed by atoms with van der Waals surface area (Å²) in [6.07, 6.45) is 5.12. The van der Waals surface area contributed by atoms with Gasteiger partial charge in [0, 0.05) is 6.04 Å². The Hall–Kier alpha value is -1.22. The van der Waals surface area contributed by atoms with Gasteiger partial charge in [0.2, 0.25) is 0 Å². The molecule has 3 atom stereocenters. The van der Waals surface area contributed by atoms with Gasteiger partial charge in [0.25, 0.3) is 0 Å². The molecule has 0 amide bonds. The second-order valence-electron chi connectivity index (χ2n) is 6.21. The highest BCUT2D eigenvalue weighted by atomic mass is 16.5. The summed E-state index contributed by atoms with van der Waals surface area (Å²) < 4.78 is 10.9. The quantitative estimate of drug-likeness (QED) is 0.773. The molecular formula is C18H29NO2. The van der Waals surface area contributed by atoms with Gasteiger partial charge < -0.3 is 14.8 Å². The molecule has 2 rings (SSSR count). The number of ether oxygens (including phenoxy) is 2. The topological polar surface area (TPSA) is 30.5 Å². The van der Waals surface area contributed by atoms with Crippen LogP contribution >= 0.6 is 0 Å². The predicted octanol–water partition coefficient (Wildman–Crippen LogP) is 3.88. The molecule has 1 fully saturated rings. The van der Waals surface area contributed by atoms with E-state index in [0.717, 1.165) is 42.9 Å². The normalized spacial score (nSPS) is 25.6. The molecule has 0 saturated heterocycles. The van der Waals surface area contributed by atoms with Crippen molar-refractivity contribution in [3.8, 4) is 11.5 Å². The molecule has 21 heavy (non-hydrogen) atoms. The zero-order valence-corrected chi connectivity index (χ0v) is 13.6. The molecule has 0 bridgehead atoms. The molecule has 1 saturated carbocycles. The van der Waals surface area contributed by atoms with E-state index in [0.29, 0.717) is 6.04 Å². The fourth-order valence-electron chi connectivity index (χ4n) is 3.09. The maximum Gasteiger partial charge on any atom is 0.119 e. The predicted molar refractivity (Wildman–Crippen MR) is 87.1 cm³/mol. The van der Waals surface area contributed by atoms with E-state index in [2.05, 4.69) is 19.2 Å². The van der Waals surface area contributed by atoms with Crippen LogP contribution in [0.15, 0.2) is 24.3 Å².